The quantitative estimate of drug-likeness (QED) is 0.114. The van der Waals surface area contributed by atoms with E-state index in [4.69, 9.17) is 13.3 Å². The molecule has 0 aliphatic carbocycles. The molecule has 0 unspecified atom stereocenters. The van der Waals surface area contributed by atoms with Gasteiger partial charge in [-0.2, -0.15) is 0 Å². The highest BCUT2D eigenvalue weighted by atomic mass is 32.2. The zero-order valence-corrected chi connectivity index (χ0v) is 28.1. The van der Waals surface area contributed by atoms with Crippen molar-refractivity contribution in [3.05, 3.63) is 140 Å². The van der Waals surface area contributed by atoms with Crippen LogP contribution in [-0.4, -0.2) is 36.7 Å². The Kier molecular flexibility index (Phi) is 9.53. The SMILES string of the molecule is Cc1cn([C@H]2C[C@H](O[Si](C)(C)C(C)(C)C)[C@@H](COSC(c3ccccc3)(c3ccccc3)c3ccccc3)O2)c(=O)[nH]c1=O. The van der Waals surface area contributed by atoms with Crippen LogP contribution in [-0.2, 0) is 18.1 Å². The molecule has 4 aromatic rings. The Hall–Kier alpha value is -3.21. The van der Waals surface area contributed by atoms with E-state index < -0.39 is 36.6 Å². The first kappa shape index (κ1) is 32.2. The third kappa shape index (κ3) is 6.57. The zero-order chi connectivity index (χ0) is 31.5. The molecule has 0 radical (unpaired) electrons. The number of H-pyrrole nitrogens is 1. The molecular formula is C35H42N2O5SSi. The second-order valence-electron chi connectivity index (χ2n) is 12.9. The topological polar surface area (TPSA) is 82.6 Å². The molecule has 2 heterocycles. The third-order valence-electron chi connectivity index (χ3n) is 8.85. The van der Waals surface area contributed by atoms with Crippen LogP contribution in [0.25, 0.3) is 0 Å². The minimum Gasteiger partial charge on any atom is -0.411 e. The van der Waals surface area contributed by atoms with Crippen molar-refractivity contribution in [3.63, 3.8) is 0 Å². The van der Waals surface area contributed by atoms with Crippen LogP contribution in [0.4, 0.5) is 0 Å². The van der Waals surface area contributed by atoms with Crippen LogP contribution in [0.5, 0.6) is 0 Å². The summed E-state index contributed by atoms with van der Waals surface area (Å²) in [5.74, 6) is 0. The summed E-state index contributed by atoms with van der Waals surface area (Å²) >= 11 is 1.41. The first-order valence-electron chi connectivity index (χ1n) is 15.0. The largest absolute Gasteiger partial charge is 0.411 e. The van der Waals surface area contributed by atoms with Gasteiger partial charge in [0.05, 0.1) is 12.7 Å². The lowest BCUT2D eigenvalue weighted by Gasteiger charge is -2.39. The highest BCUT2D eigenvalue weighted by molar-refractivity contribution is 7.96. The summed E-state index contributed by atoms with van der Waals surface area (Å²) in [7, 11) is -2.20. The number of benzene rings is 3. The number of nitrogens with zero attached hydrogens (tertiary/aromatic N) is 1. The van der Waals surface area contributed by atoms with E-state index in [0.717, 1.165) is 16.7 Å². The van der Waals surface area contributed by atoms with E-state index in [1.807, 2.05) is 54.6 Å². The van der Waals surface area contributed by atoms with Crippen molar-refractivity contribution in [3.8, 4) is 0 Å². The van der Waals surface area contributed by atoms with Gasteiger partial charge in [0.2, 0.25) is 0 Å². The van der Waals surface area contributed by atoms with Gasteiger partial charge in [-0.05, 0) is 41.7 Å². The van der Waals surface area contributed by atoms with E-state index in [-0.39, 0.29) is 17.7 Å². The van der Waals surface area contributed by atoms with Crippen LogP contribution in [0.1, 0.15) is 55.7 Å². The highest BCUT2D eigenvalue weighted by Crippen LogP contribution is 2.49. The van der Waals surface area contributed by atoms with Crippen molar-refractivity contribution in [2.24, 2.45) is 0 Å². The van der Waals surface area contributed by atoms with E-state index in [1.165, 1.54) is 16.6 Å². The molecule has 1 saturated heterocycles. The van der Waals surface area contributed by atoms with Crippen LogP contribution in [0.3, 0.4) is 0 Å². The predicted octanol–water partition coefficient (Wildman–Crippen LogP) is 7.18. The molecule has 1 aliphatic heterocycles. The maximum Gasteiger partial charge on any atom is 0.330 e. The van der Waals surface area contributed by atoms with Gasteiger partial charge in [-0.15, -0.1) is 0 Å². The molecule has 232 valence electrons. The van der Waals surface area contributed by atoms with E-state index in [9.17, 15) is 9.59 Å². The number of rotatable bonds is 10. The maximum atomic E-state index is 12.8. The molecule has 1 aromatic heterocycles. The average molecular weight is 631 g/mol. The predicted molar refractivity (Wildman–Crippen MR) is 179 cm³/mol. The number of ether oxygens (including phenoxy) is 1. The maximum absolute atomic E-state index is 12.8. The Labute approximate surface area is 264 Å². The molecule has 3 aromatic carbocycles. The average Bonchev–Trinajstić information content (AvgIpc) is 3.39. The first-order chi connectivity index (χ1) is 20.9. The lowest BCUT2D eigenvalue weighted by atomic mass is 9.84. The van der Waals surface area contributed by atoms with E-state index in [0.29, 0.717) is 12.0 Å². The molecule has 44 heavy (non-hydrogen) atoms. The Morgan fingerprint density at radius 3 is 1.86 bits per heavy atom. The summed E-state index contributed by atoms with van der Waals surface area (Å²) in [4.78, 5) is 27.3. The molecule has 1 N–H and O–H groups in total. The summed E-state index contributed by atoms with van der Waals surface area (Å²) in [6.07, 6.45) is 0.727. The highest BCUT2D eigenvalue weighted by Gasteiger charge is 2.46. The lowest BCUT2D eigenvalue weighted by molar-refractivity contribution is -0.0362. The molecule has 0 saturated carbocycles. The second kappa shape index (κ2) is 13.0. The van der Waals surface area contributed by atoms with Gasteiger partial charge < -0.3 is 13.3 Å². The molecule has 9 heteroatoms. The molecule has 0 amide bonds. The molecule has 1 fully saturated rings. The fourth-order valence-electron chi connectivity index (χ4n) is 5.35. The Balaban J connectivity index is 1.48. The number of aromatic amines is 1. The molecular weight excluding hydrogens is 589 g/mol. The third-order valence-corrected chi connectivity index (χ3v) is 14.6. The van der Waals surface area contributed by atoms with Gasteiger partial charge in [0.15, 0.2) is 8.32 Å². The van der Waals surface area contributed by atoms with Crippen molar-refractivity contribution in [2.45, 2.75) is 75.4 Å². The smallest absolute Gasteiger partial charge is 0.330 e. The summed E-state index contributed by atoms with van der Waals surface area (Å²) in [5.41, 5.74) is 2.84. The summed E-state index contributed by atoms with van der Waals surface area (Å²) in [6.45, 7) is 13.0. The van der Waals surface area contributed by atoms with Crippen LogP contribution in [0, 0.1) is 6.92 Å². The first-order valence-corrected chi connectivity index (χ1v) is 18.7. The summed E-state index contributed by atoms with van der Waals surface area (Å²) in [6, 6.07) is 31.1. The minimum absolute atomic E-state index is 0.0142. The Bertz CT molecular complexity index is 1560. The summed E-state index contributed by atoms with van der Waals surface area (Å²) in [5, 5.41) is -0.0142. The standard InChI is InChI=1S/C35H42N2O5SSi/c1-25-23-37(33(39)36-32(25)38)31-22-29(42-44(5,6)34(2,3)4)30(41-31)24-40-43-35(26-16-10-7-11-17-26,27-18-12-8-13-19-27)28-20-14-9-15-21-28/h7-21,23,29-31H,22,24H2,1-6H3,(H,36,38,39)/t29-,30+,31+/m0/s1. The van der Waals surface area contributed by atoms with Crippen LogP contribution >= 0.6 is 12.0 Å². The number of aryl methyl sites for hydroxylation is 1. The molecule has 0 spiro atoms. The fourth-order valence-corrected chi connectivity index (χ4v) is 7.79. The van der Waals surface area contributed by atoms with Crippen molar-refractivity contribution >= 4 is 20.4 Å². The molecule has 1 aliphatic rings. The van der Waals surface area contributed by atoms with E-state index >= 15 is 0 Å². The number of aromatic nitrogens is 2. The molecule has 3 atom stereocenters. The molecule has 5 rings (SSSR count). The van der Waals surface area contributed by atoms with E-state index in [2.05, 4.69) is 75.2 Å². The number of hydrogen-bond donors (Lipinski definition) is 1. The molecule has 0 bridgehead atoms. The van der Waals surface area contributed by atoms with Gasteiger partial charge >= 0.3 is 5.69 Å². The van der Waals surface area contributed by atoms with Crippen molar-refractivity contribution < 1.29 is 13.3 Å². The Morgan fingerprint density at radius 1 is 0.886 bits per heavy atom. The minimum atomic E-state index is -2.20. The zero-order valence-electron chi connectivity index (χ0n) is 26.3. The second-order valence-corrected chi connectivity index (χ2v) is 18.7. The normalized spacial score (nSPS) is 19.3. The number of nitrogens with one attached hydrogen (secondary N) is 1. The monoisotopic (exact) mass is 630 g/mol. The van der Waals surface area contributed by atoms with E-state index in [1.54, 1.807) is 13.1 Å². The summed E-state index contributed by atoms with van der Waals surface area (Å²) < 4.78 is 20.9. The number of hydrogen-bond acceptors (Lipinski definition) is 6. The van der Waals surface area contributed by atoms with Gasteiger partial charge in [0.1, 0.15) is 17.1 Å². The van der Waals surface area contributed by atoms with Crippen molar-refractivity contribution in [1.82, 2.24) is 9.55 Å². The van der Waals surface area contributed by atoms with Crippen molar-refractivity contribution in [1.29, 1.82) is 0 Å². The van der Waals surface area contributed by atoms with Gasteiger partial charge in [-0.1, -0.05) is 112 Å². The van der Waals surface area contributed by atoms with Gasteiger partial charge in [-0.3, -0.25) is 14.3 Å². The van der Waals surface area contributed by atoms with Crippen molar-refractivity contribution in [2.75, 3.05) is 6.61 Å². The lowest BCUT2D eigenvalue weighted by Crippen LogP contribution is -2.46. The molecule has 7 nitrogen and oxygen atoms in total. The van der Waals surface area contributed by atoms with Gasteiger partial charge in [0, 0.05) is 30.2 Å². The van der Waals surface area contributed by atoms with Gasteiger partial charge in [-0.25, -0.2) is 4.79 Å². The fraction of sp³-hybridized carbons (Fsp3) is 0.371. The Morgan fingerprint density at radius 2 is 1.39 bits per heavy atom. The van der Waals surface area contributed by atoms with Crippen LogP contribution in [0.2, 0.25) is 18.1 Å². The van der Waals surface area contributed by atoms with Crippen LogP contribution < -0.4 is 11.2 Å². The van der Waals surface area contributed by atoms with Crippen LogP contribution in [0.15, 0.2) is 107 Å². The van der Waals surface area contributed by atoms with Gasteiger partial charge in [0.25, 0.3) is 5.56 Å².